The average molecular weight is 324 g/mol. The lowest BCUT2D eigenvalue weighted by molar-refractivity contribution is -0.147. The van der Waals surface area contributed by atoms with Crippen molar-refractivity contribution >= 4 is 23.5 Å². The third kappa shape index (κ3) is 6.68. The molecule has 0 saturated carbocycles. The molecule has 0 atom stereocenters. The van der Waals surface area contributed by atoms with E-state index in [0.29, 0.717) is 17.2 Å². The van der Waals surface area contributed by atoms with Crippen LogP contribution in [0.25, 0.3) is 0 Å². The second-order valence-corrected chi connectivity index (χ2v) is 4.51. The van der Waals surface area contributed by atoms with Gasteiger partial charge < -0.3 is 24.8 Å². The van der Waals surface area contributed by atoms with Gasteiger partial charge in [0.05, 0.1) is 26.3 Å². The van der Waals surface area contributed by atoms with E-state index in [0.717, 1.165) is 0 Å². The molecule has 0 aliphatic rings. The van der Waals surface area contributed by atoms with Crippen LogP contribution in [0.3, 0.4) is 0 Å². The molecule has 2 N–H and O–H groups in total. The number of rotatable bonds is 8. The first kappa shape index (κ1) is 18.3. The van der Waals surface area contributed by atoms with E-state index in [4.69, 9.17) is 14.2 Å². The van der Waals surface area contributed by atoms with Crippen molar-refractivity contribution in [2.45, 2.75) is 13.3 Å². The SMILES string of the molecule is COc1ccc(OC)c(NC(=O)COC(=O)CCNC(C)=O)c1. The van der Waals surface area contributed by atoms with Gasteiger partial charge in [0.15, 0.2) is 6.61 Å². The number of benzene rings is 1. The minimum Gasteiger partial charge on any atom is -0.497 e. The van der Waals surface area contributed by atoms with Crippen LogP contribution in [0.5, 0.6) is 11.5 Å². The molecule has 0 aliphatic heterocycles. The van der Waals surface area contributed by atoms with Crippen LogP contribution >= 0.6 is 0 Å². The summed E-state index contributed by atoms with van der Waals surface area (Å²) in [6, 6.07) is 4.93. The van der Waals surface area contributed by atoms with Crippen molar-refractivity contribution in [2.24, 2.45) is 0 Å². The van der Waals surface area contributed by atoms with Gasteiger partial charge in [-0.25, -0.2) is 0 Å². The molecule has 8 heteroatoms. The molecule has 0 radical (unpaired) electrons. The predicted molar refractivity (Wildman–Crippen MR) is 82.4 cm³/mol. The second-order valence-electron chi connectivity index (χ2n) is 4.51. The highest BCUT2D eigenvalue weighted by molar-refractivity contribution is 5.94. The number of amides is 2. The Kier molecular flexibility index (Phi) is 7.38. The van der Waals surface area contributed by atoms with E-state index in [1.54, 1.807) is 18.2 Å². The fraction of sp³-hybridized carbons (Fsp3) is 0.400. The molecule has 1 rings (SSSR count). The number of methoxy groups -OCH3 is 2. The first-order chi connectivity index (χ1) is 11.0. The van der Waals surface area contributed by atoms with Crippen molar-refractivity contribution in [2.75, 3.05) is 32.7 Å². The van der Waals surface area contributed by atoms with E-state index >= 15 is 0 Å². The standard InChI is InChI=1S/C15H20N2O6/c1-10(18)16-7-6-15(20)23-9-14(19)17-12-8-11(21-2)4-5-13(12)22-3/h4-5,8H,6-7,9H2,1-3H3,(H,16,18)(H,17,19). The zero-order chi connectivity index (χ0) is 17.2. The summed E-state index contributed by atoms with van der Waals surface area (Å²) in [6.07, 6.45) is -0.00462. The van der Waals surface area contributed by atoms with Crippen LogP contribution in [0.2, 0.25) is 0 Å². The summed E-state index contributed by atoms with van der Waals surface area (Å²) in [5, 5.41) is 5.04. The third-order valence-corrected chi connectivity index (χ3v) is 2.75. The largest absolute Gasteiger partial charge is 0.497 e. The Morgan fingerprint density at radius 3 is 2.48 bits per heavy atom. The van der Waals surface area contributed by atoms with Gasteiger partial charge in [0.1, 0.15) is 11.5 Å². The molecule has 0 aromatic heterocycles. The van der Waals surface area contributed by atoms with Crippen LogP contribution in [-0.2, 0) is 19.1 Å². The van der Waals surface area contributed by atoms with Gasteiger partial charge in [-0.05, 0) is 12.1 Å². The van der Waals surface area contributed by atoms with Gasteiger partial charge in [-0.1, -0.05) is 0 Å². The Morgan fingerprint density at radius 1 is 1.13 bits per heavy atom. The molecule has 0 heterocycles. The first-order valence-corrected chi connectivity index (χ1v) is 6.88. The van der Waals surface area contributed by atoms with Gasteiger partial charge in [0.25, 0.3) is 5.91 Å². The van der Waals surface area contributed by atoms with Gasteiger partial charge in [-0.3, -0.25) is 14.4 Å². The first-order valence-electron chi connectivity index (χ1n) is 6.88. The molecule has 0 spiro atoms. The average Bonchev–Trinajstić information content (AvgIpc) is 2.52. The Balaban J connectivity index is 2.47. The zero-order valence-electron chi connectivity index (χ0n) is 13.3. The van der Waals surface area contributed by atoms with Crippen LogP contribution < -0.4 is 20.1 Å². The summed E-state index contributed by atoms with van der Waals surface area (Å²) in [5.74, 6) is -0.318. The van der Waals surface area contributed by atoms with Crippen LogP contribution in [0.1, 0.15) is 13.3 Å². The van der Waals surface area contributed by atoms with Gasteiger partial charge in [0, 0.05) is 19.5 Å². The Bertz CT molecular complexity index is 573. The molecule has 2 amide bonds. The highest BCUT2D eigenvalue weighted by Crippen LogP contribution is 2.28. The lowest BCUT2D eigenvalue weighted by atomic mass is 10.2. The molecule has 0 bridgehead atoms. The number of carbonyl (C=O) groups excluding carboxylic acids is 3. The topological polar surface area (TPSA) is 103 Å². The van der Waals surface area contributed by atoms with E-state index in [-0.39, 0.29) is 18.9 Å². The number of ether oxygens (including phenoxy) is 3. The van der Waals surface area contributed by atoms with Crippen molar-refractivity contribution in [1.82, 2.24) is 5.32 Å². The highest BCUT2D eigenvalue weighted by Gasteiger charge is 2.11. The molecule has 1 aromatic carbocycles. The molecular formula is C15H20N2O6. The lowest BCUT2D eigenvalue weighted by Gasteiger charge is -2.12. The quantitative estimate of drug-likeness (QED) is 0.683. The van der Waals surface area contributed by atoms with Crippen molar-refractivity contribution in [3.63, 3.8) is 0 Å². The van der Waals surface area contributed by atoms with Crippen molar-refractivity contribution in [3.8, 4) is 11.5 Å². The minimum absolute atomic E-state index is 0.00462. The predicted octanol–water partition coefficient (Wildman–Crippen LogP) is 0.712. The molecule has 0 fully saturated rings. The fourth-order valence-corrected chi connectivity index (χ4v) is 1.66. The summed E-state index contributed by atoms with van der Waals surface area (Å²) < 4.78 is 15.0. The second kappa shape index (κ2) is 9.29. The van der Waals surface area contributed by atoms with Crippen LogP contribution in [0.15, 0.2) is 18.2 Å². The molecule has 1 aromatic rings. The number of nitrogens with one attached hydrogen (secondary N) is 2. The fourth-order valence-electron chi connectivity index (χ4n) is 1.66. The maximum absolute atomic E-state index is 11.8. The maximum Gasteiger partial charge on any atom is 0.308 e. The van der Waals surface area contributed by atoms with Gasteiger partial charge in [-0.2, -0.15) is 0 Å². The molecule has 0 aliphatic carbocycles. The van der Waals surface area contributed by atoms with Gasteiger partial charge in [0.2, 0.25) is 5.91 Å². The van der Waals surface area contributed by atoms with E-state index in [2.05, 4.69) is 10.6 Å². The number of esters is 1. The monoisotopic (exact) mass is 324 g/mol. The summed E-state index contributed by atoms with van der Waals surface area (Å²) >= 11 is 0. The number of anilines is 1. The minimum atomic E-state index is -0.577. The summed E-state index contributed by atoms with van der Waals surface area (Å²) in [7, 11) is 2.98. The molecular weight excluding hydrogens is 304 g/mol. The third-order valence-electron chi connectivity index (χ3n) is 2.75. The van der Waals surface area contributed by atoms with Crippen LogP contribution in [-0.4, -0.2) is 45.2 Å². The number of carbonyl (C=O) groups is 3. The molecule has 23 heavy (non-hydrogen) atoms. The van der Waals surface area contributed by atoms with Crippen molar-refractivity contribution < 1.29 is 28.6 Å². The zero-order valence-corrected chi connectivity index (χ0v) is 13.3. The summed E-state index contributed by atoms with van der Waals surface area (Å²) in [4.78, 5) is 33.9. The van der Waals surface area contributed by atoms with E-state index in [9.17, 15) is 14.4 Å². The summed E-state index contributed by atoms with van der Waals surface area (Å²) in [6.45, 7) is 1.08. The molecule has 126 valence electrons. The number of hydrogen-bond acceptors (Lipinski definition) is 6. The van der Waals surface area contributed by atoms with Gasteiger partial charge >= 0.3 is 5.97 Å². The van der Waals surface area contributed by atoms with E-state index < -0.39 is 18.5 Å². The van der Waals surface area contributed by atoms with E-state index in [1.165, 1.54) is 21.1 Å². The Hall–Kier alpha value is -2.77. The maximum atomic E-state index is 11.8. The normalized spacial score (nSPS) is 9.70. The van der Waals surface area contributed by atoms with Crippen molar-refractivity contribution in [1.29, 1.82) is 0 Å². The summed E-state index contributed by atoms with van der Waals surface area (Å²) in [5.41, 5.74) is 0.408. The lowest BCUT2D eigenvalue weighted by Crippen LogP contribution is -2.26. The Morgan fingerprint density at radius 2 is 1.87 bits per heavy atom. The number of hydrogen-bond donors (Lipinski definition) is 2. The molecule has 0 saturated heterocycles. The highest BCUT2D eigenvalue weighted by atomic mass is 16.5. The molecule has 0 unspecified atom stereocenters. The van der Waals surface area contributed by atoms with Crippen LogP contribution in [0.4, 0.5) is 5.69 Å². The van der Waals surface area contributed by atoms with E-state index in [1.807, 2.05) is 0 Å². The smallest absolute Gasteiger partial charge is 0.308 e. The van der Waals surface area contributed by atoms with Gasteiger partial charge in [-0.15, -0.1) is 0 Å². The Labute approximate surface area is 134 Å². The van der Waals surface area contributed by atoms with Crippen molar-refractivity contribution in [3.05, 3.63) is 18.2 Å². The molecule has 8 nitrogen and oxygen atoms in total. The van der Waals surface area contributed by atoms with Crippen LogP contribution in [0, 0.1) is 0 Å².